The minimum absolute atomic E-state index is 0.00202. The van der Waals surface area contributed by atoms with Crippen molar-refractivity contribution in [2.45, 2.75) is 18.7 Å². The molecular weight excluding hydrogens is 406 g/mol. The van der Waals surface area contributed by atoms with E-state index in [1.165, 1.54) is 43.6 Å². The SMILES string of the molecule is Cc1cc(C)c2nc(NC(=O)c3cc(S(=O)(=O)N(C)C)ccc3Cl)sc2c1. The number of halogens is 1. The molecule has 142 valence electrons. The smallest absolute Gasteiger partial charge is 0.259 e. The van der Waals surface area contributed by atoms with Crippen molar-refractivity contribution in [3.05, 3.63) is 52.0 Å². The van der Waals surface area contributed by atoms with Gasteiger partial charge < -0.3 is 0 Å². The van der Waals surface area contributed by atoms with Crippen molar-refractivity contribution in [1.82, 2.24) is 9.29 Å². The fourth-order valence-electron chi connectivity index (χ4n) is 2.64. The van der Waals surface area contributed by atoms with Crippen LogP contribution < -0.4 is 5.32 Å². The van der Waals surface area contributed by atoms with Crippen LogP contribution in [0.15, 0.2) is 35.2 Å². The van der Waals surface area contributed by atoms with Crippen molar-refractivity contribution < 1.29 is 13.2 Å². The number of benzene rings is 2. The van der Waals surface area contributed by atoms with Crippen LogP contribution in [0, 0.1) is 13.8 Å². The highest BCUT2D eigenvalue weighted by Gasteiger charge is 2.21. The Kier molecular flexibility index (Phi) is 5.27. The Morgan fingerprint density at radius 3 is 2.56 bits per heavy atom. The molecule has 0 fully saturated rings. The molecule has 9 heteroatoms. The minimum Gasteiger partial charge on any atom is -0.298 e. The summed E-state index contributed by atoms with van der Waals surface area (Å²) in [5, 5.41) is 3.31. The van der Waals surface area contributed by atoms with Crippen LogP contribution in [0.3, 0.4) is 0 Å². The van der Waals surface area contributed by atoms with Crippen molar-refractivity contribution in [1.29, 1.82) is 0 Å². The maximum Gasteiger partial charge on any atom is 0.259 e. The fraction of sp³-hybridized carbons (Fsp3) is 0.222. The monoisotopic (exact) mass is 423 g/mol. The van der Waals surface area contributed by atoms with E-state index in [9.17, 15) is 13.2 Å². The van der Waals surface area contributed by atoms with Crippen LogP contribution in [-0.4, -0.2) is 37.7 Å². The Morgan fingerprint density at radius 2 is 1.89 bits per heavy atom. The highest BCUT2D eigenvalue weighted by molar-refractivity contribution is 7.89. The summed E-state index contributed by atoms with van der Waals surface area (Å²) in [5.74, 6) is -0.510. The van der Waals surface area contributed by atoms with E-state index in [1.54, 1.807) is 0 Å². The van der Waals surface area contributed by atoms with Gasteiger partial charge in [-0.3, -0.25) is 10.1 Å². The summed E-state index contributed by atoms with van der Waals surface area (Å²) >= 11 is 7.48. The quantitative estimate of drug-likeness (QED) is 0.686. The normalized spacial score (nSPS) is 11.9. The largest absolute Gasteiger partial charge is 0.298 e. The minimum atomic E-state index is -3.67. The lowest BCUT2D eigenvalue weighted by molar-refractivity contribution is 0.102. The van der Waals surface area contributed by atoms with Crippen molar-refractivity contribution in [3.63, 3.8) is 0 Å². The molecule has 3 rings (SSSR count). The summed E-state index contributed by atoms with van der Waals surface area (Å²) in [4.78, 5) is 17.1. The molecule has 0 radical (unpaired) electrons. The zero-order chi connectivity index (χ0) is 19.9. The molecule has 1 N–H and O–H groups in total. The van der Waals surface area contributed by atoms with Gasteiger partial charge in [0.25, 0.3) is 5.91 Å². The molecule has 0 atom stereocenters. The summed E-state index contributed by atoms with van der Waals surface area (Å²) in [6.45, 7) is 3.97. The molecule has 27 heavy (non-hydrogen) atoms. The summed E-state index contributed by atoms with van der Waals surface area (Å²) < 4.78 is 26.7. The molecule has 1 heterocycles. The fourth-order valence-corrected chi connectivity index (χ4v) is 4.81. The molecule has 0 spiro atoms. The number of aryl methyl sites for hydroxylation is 2. The average Bonchev–Trinajstić information content (AvgIpc) is 2.97. The molecule has 3 aromatic rings. The first-order valence-corrected chi connectivity index (χ1v) is 10.6. The number of carbonyl (C=O) groups excluding carboxylic acids is 1. The van der Waals surface area contributed by atoms with Crippen molar-refractivity contribution in [2.24, 2.45) is 0 Å². The van der Waals surface area contributed by atoms with E-state index in [0.29, 0.717) is 5.13 Å². The predicted octanol–water partition coefficient (Wildman–Crippen LogP) is 4.07. The van der Waals surface area contributed by atoms with E-state index in [2.05, 4.69) is 10.3 Å². The van der Waals surface area contributed by atoms with Gasteiger partial charge in [-0.15, -0.1) is 0 Å². The van der Waals surface area contributed by atoms with E-state index in [-0.39, 0.29) is 15.5 Å². The molecular formula is C18H18ClN3O3S2. The third-order valence-corrected chi connectivity index (χ3v) is 7.07. The van der Waals surface area contributed by atoms with Gasteiger partial charge in [-0.2, -0.15) is 0 Å². The summed E-state index contributed by atoms with van der Waals surface area (Å²) in [6, 6.07) is 8.08. The maximum atomic E-state index is 12.7. The number of anilines is 1. The van der Waals surface area contributed by atoms with Crippen LogP contribution in [0.25, 0.3) is 10.2 Å². The zero-order valence-electron chi connectivity index (χ0n) is 15.2. The predicted molar refractivity (Wildman–Crippen MR) is 109 cm³/mol. The first-order valence-electron chi connectivity index (χ1n) is 8.01. The first kappa shape index (κ1) is 19.8. The third kappa shape index (κ3) is 3.84. The number of amides is 1. The Labute approximate surface area is 166 Å². The van der Waals surface area contributed by atoms with Crippen molar-refractivity contribution in [3.8, 4) is 0 Å². The Bertz CT molecular complexity index is 1150. The number of nitrogens with one attached hydrogen (secondary N) is 1. The number of aromatic nitrogens is 1. The van der Waals surface area contributed by atoms with Crippen LogP contribution in [0.5, 0.6) is 0 Å². The van der Waals surface area contributed by atoms with Crippen LogP contribution >= 0.6 is 22.9 Å². The molecule has 0 saturated carbocycles. The molecule has 2 aromatic carbocycles. The van der Waals surface area contributed by atoms with Gasteiger partial charge in [0.15, 0.2) is 5.13 Å². The highest BCUT2D eigenvalue weighted by atomic mass is 35.5. The summed E-state index contributed by atoms with van der Waals surface area (Å²) in [6.07, 6.45) is 0. The highest BCUT2D eigenvalue weighted by Crippen LogP contribution is 2.30. The number of nitrogens with zero attached hydrogens (tertiary/aromatic N) is 2. The van der Waals surface area contributed by atoms with E-state index < -0.39 is 15.9 Å². The molecule has 0 aliphatic carbocycles. The number of thiazole rings is 1. The number of carbonyl (C=O) groups is 1. The second kappa shape index (κ2) is 7.20. The van der Waals surface area contributed by atoms with Crippen molar-refractivity contribution >= 4 is 54.2 Å². The topological polar surface area (TPSA) is 79.4 Å². The molecule has 0 aliphatic rings. The van der Waals surface area contributed by atoms with Crippen LogP contribution in [0.4, 0.5) is 5.13 Å². The van der Waals surface area contributed by atoms with Gasteiger partial charge in [-0.1, -0.05) is 29.0 Å². The van der Waals surface area contributed by atoms with Gasteiger partial charge in [0, 0.05) is 14.1 Å². The second-order valence-electron chi connectivity index (χ2n) is 6.33. The first-order chi connectivity index (χ1) is 12.6. The Hall–Kier alpha value is -2.00. The molecule has 0 bridgehead atoms. The molecule has 1 aromatic heterocycles. The lowest BCUT2D eigenvalue weighted by atomic mass is 10.1. The van der Waals surface area contributed by atoms with Crippen LogP contribution in [0.1, 0.15) is 21.5 Å². The second-order valence-corrected chi connectivity index (χ2v) is 9.92. The molecule has 0 aliphatic heterocycles. The molecule has 0 saturated heterocycles. The molecule has 6 nitrogen and oxygen atoms in total. The van der Waals surface area contributed by atoms with Crippen molar-refractivity contribution in [2.75, 3.05) is 19.4 Å². The van der Waals surface area contributed by atoms with E-state index in [1.807, 2.05) is 26.0 Å². The third-order valence-electron chi connectivity index (χ3n) is 4.01. The van der Waals surface area contributed by atoms with Gasteiger partial charge >= 0.3 is 0 Å². The number of hydrogen-bond donors (Lipinski definition) is 1. The van der Waals surface area contributed by atoms with E-state index in [4.69, 9.17) is 11.6 Å². The van der Waals surface area contributed by atoms with Gasteiger partial charge in [0.05, 0.1) is 25.7 Å². The Balaban J connectivity index is 1.96. The number of rotatable bonds is 4. The van der Waals surface area contributed by atoms with Gasteiger partial charge in [-0.05, 0) is 49.2 Å². The number of hydrogen-bond acceptors (Lipinski definition) is 5. The molecule has 1 amide bonds. The molecule has 0 unspecified atom stereocenters. The number of sulfonamides is 1. The lowest BCUT2D eigenvalue weighted by Gasteiger charge is -2.13. The zero-order valence-corrected chi connectivity index (χ0v) is 17.6. The van der Waals surface area contributed by atoms with E-state index in [0.717, 1.165) is 25.6 Å². The van der Waals surface area contributed by atoms with E-state index >= 15 is 0 Å². The Morgan fingerprint density at radius 1 is 1.19 bits per heavy atom. The standard InChI is InChI=1S/C18H18ClN3O3S2/c1-10-7-11(2)16-15(8-10)26-18(20-16)21-17(23)13-9-12(5-6-14(13)19)27(24,25)22(3)4/h5-9H,1-4H3,(H,20,21,23). The average molecular weight is 424 g/mol. The van der Waals surface area contributed by atoms with Crippen LogP contribution in [0.2, 0.25) is 5.02 Å². The van der Waals surface area contributed by atoms with Crippen LogP contribution in [-0.2, 0) is 10.0 Å². The summed E-state index contributed by atoms with van der Waals surface area (Å²) in [5.41, 5.74) is 3.05. The van der Waals surface area contributed by atoms with Gasteiger partial charge in [-0.25, -0.2) is 17.7 Å². The number of fused-ring (bicyclic) bond motifs is 1. The lowest BCUT2D eigenvalue weighted by Crippen LogP contribution is -2.23. The van der Waals surface area contributed by atoms with Gasteiger partial charge in [0.1, 0.15) is 0 Å². The summed E-state index contributed by atoms with van der Waals surface area (Å²) in [7, 11) is -0.820. The maximum absolute atomic E-state index is 12.7. The van der Waals surface area contributed by atoms with Gasteiger partial charge in [0.2, 0.25) is 10.0 Å².